The summed E-state index contributed by atoms with van der Waals surface area (Å²) in [5, 5.41) is 6.56. The van der Waals surface area contributed by atoms with Crippen LogP contribution in [0.5, 0.6) is 5.75 Å². The highest BCUT2D eigenvalue weighted by molar-refractivity contribution is 7.11. The number of anilines is 1. The highest BCUT2D eigenvalue weighted by Gasteiger charge is 2.04. The maximum absolute atomic E-state index is 11.8. The van der Waals surface area contributed by atoms with E-state index in [0.717, 1.165) is 15.6 Å². The van der Waals surface area contributed by atoms with Crippen LogP contribution >= 0.6 is 11.3 Å². The molecule has 0 aliphatic carbocycles. The first kappa shape index (κ1) is 14.3. The van der Waals surface area contributed by atoms with Gasteiger partial charge in [-0.15, -0.1) is 11.3 Å². The van der Waals surface area contributed by atoms with Crippen molar-refractivity contribution in [2.24, 2.45) is 0 Å². The molecule has 0 saturated heterocycles. The second kappa shape index (κ2) is 6.91. The molecular weight excluding hydrogens is 274 g/mol. The molecule has 2 aromatic rings. The Morgan fingerprint density at radius 3 is 3.00 bits per heavy atom. The number of aryl methyl sites for hydroxylation is 1. The Balaban J connectivity index is 1.86. The normalized spacial score (nSPS) is 10.1. The van der Waals surface area contributed by atoms with Gasteiger partial charge in [-0.05, 0) is 26.0 Å². The van der Waals surface area contributed by atoms with Gasteiger partial charge in [0.1, 0.15) is 5.75 Å². The lowest BCUT2D eigenvalue weighted by Crippen LogP contribution is -2.27. The Morgan fingerprint density at radius 2 is 2.30 bits per heavy atom. The van der Waals surface area contributed by atoms with Crippen LogP contribution in [-0.4, -0.2) is 17.6 Å². The highest BCUT2D eigenvalue weighted by Crippen LogP contribution is 2.17. The summed E-state index contributed by atoms with van der Waals surface area (Å²) in [6.07, 6.45) is 1.77. The van der Waals surface area contributed by atoms with Crippen molar-refractivity contribution in [3.63, 3.8) is 0 Å². The molecule has 2 rings (SSSR count). The van der Waals surface area contributed by atoms with Crippen LogP contribution in [0.25, 0.3) is 0 Å². The number of carbonyl (C=O) groups is 1. The van der Waals surface area contributed by atoms with Crippen molar-refractivity contribution in [3.05, 3.63) is 40.3 Å². The quantitative estimate of drug-likeness (QED) is 0.889. The zero-order chi connectivity index (χ0) is 14.4. The standard InChI is InChI=1S/C14H17N3O2S/c1-3-19-12-6-4-5-11(7-12)17-14(18)16-9-13-8-15-10(2)20-13/h4-8H,3,9H2,1-2H3,(H2,16,17,18). The summed E-state index contributed by atoms with van der Waals surface area (Å²) in [5.41, 5.74) is 0.703. The van der Waals surface area contributed by atoms with Gasteiger partial charge in [0.15, 0.2) is 0 Å². The predicted octanol–water partition coefficient (Wildman–Crippen LogP) is 3.17. The fraction of sp³-hybridized carbons (Fsp3) is 0.286. The number of nitrogens with one attached hydrogen (secondary N) is 2. The third-order valence-electron chi connectivity index (χ3n) is 2.50. The molecule has 20 heavy (non-hydrogen) atoms. The Labute approximate surface area is 122 Å². The number of aromatic nitrogens is 1. The second-order valence-electron chi connectivity index (χ2n) is 4.11. The summed E-state index contributed by atoms with van der Waals surface area (Å²) in [6.45, 7) is 4.93. The van der Waals surface area contributed by atoms with Crippen LogP contribution in [0.4, 0.5) is 10.5 Å². The topological polar surface area (TPSA) is 63.2 Å². The molecular formula is C14H17N3O2S. The Bertz CT molecular complexity index is 583. The third kappa shape index (κ3) is 4.24. The lowest BCUT2D eigenvalue weighted by Gasteiger charge is -2.08. The van der Waals surface area contributed by atoms with Crippen LogP contribution in [0, 0.1) is 6.92 Å². The molecule has 0 radical (unpaired) electrons. The van der Waals surface area contributed by atoms with Gasteiger partial charge in [0, 0.05) is 22.8 Å². The molecule has 106 valence electrons. The van der Waals surface area contributed by atoms with Gasteiger partial charge in [-0.25, -0.2) is 9.78 Å². The molecule has 0 aliphatic heterocycles. The van der Waals surface area contributed by atoms with Crippen molar-refractivity contribution in [2.75, 3.05) is 11.9 Å². The van der Waals surface area contributed by atoms with Gasteiger partial charge in [0.25, 0.3) is 0 Å². The molecule has 1 aromatic heterocycles. The van der Waals surface area contributed by atoms with E-state index >= 15 is 0 Å². The number of amides is 2. The van der Waals surface area contributed by atoms with E-state index in [2.05, 4.69) is 15.6 Å². The number of ether oxygens (including phenoxy) is 1. The van der Waals surface area contributed by atoms with Crippen molar-refractivity contribution in [1.82, 2.24) is 10.3 Å². The SMILES string of the molecule is CCOc1cccc(NC(=O)NCc2cnc(C)s2)c1. The first-order valence-electron chi connectivity index (χ1n) is 6.36. The van der Waals surface area contributed by atoms with Crippen LogP contribution in [0.15, 0.2) is 30.5 Å². The predicted molar refractivity (Wildman–Crippen MR) is 80.3 cm³/mol. The minimum Gasteiger partial charge on any atom is -0.494 e. The smallest absolute Gasteiger partial charge is 0.319 e. The van der Waals surface area contributed by atoms with E-state index in [4.69, 9.17) is 4.74 Å². The number of hydrogen-bond donors (Lipinski definition) is 2. The van der Waals surface area contributed by atoms with Crippen LogP contribution in [0.1, 0.15) is 16.8 Å². The first-order chi connectivity index (χ1) is 9.67. The maximum Gasteiger partial charge on any atom is 0.319 e. The molecule has 2 amide bonds. The minimum atomic E-state index is -0.246. The lowest BCUT2D eigenvalue weighted by atomic mass is 10.3. The molecule has 0 fully saturated rings. The van der Waals surface area contributed by atoms with Crippen LogP contribution in [0.3, 0.4) is 0 Å². The first-order valence-corrected chi connectivity index (χ1v) is 7.18. The van der Waals surface area contributed by atoms with E-state index in [1.54, 1.807) is 23.6 Å². The van der Waals surface area contributed by atoms with E-state index in [0.29, 0.717) is 18.8 Å². The van der Waals surface area contributed by atoms with E-state index in [1.807, 2.05) is 32.0 Å². The molecule has 0 aliphatic rings. The highest BCUT2D eigenvalue weighted by atomic mass is 32.1. The summed E-state index contributed by atoms with van der Waals surface area (Å²) in [4.78, 5) is 17.0. The Morgan fingerprint density at radius 1 is 1.45 bits per heavy atom. The fourth-order valence-electron chi connectivity index (χ4n) is 1.66. The number of benzene rings is 1. The number of rotatable bonds is 5. The molecule has 0 atom stereocenters. The molecule has 6 heteroatoms. The largest absolute Gasteiger partial charge is 0.494 e. The number of carbonyl (C=O) groups excluding carboxylic acids is 1. The van der Waals surface area contributed by atoms with Crippen molar-refractivity contribution in [1.29, 1.82) is 0 Å². The molecule has 2 N–H and O–H groups in total. The van der Waals surface area contributed by atoms with Gasteiger partial charge < -0.3 is 15.4 Å². The van der Waals surface area contributed by atoms with Gasteiger partial charge in [-0.2, -0.15) is 0 Å². The molecule has 1 aromatic carbocycles. The lowest BCUT2D eigenvalue weighted by molar-refractivity contribution is 0.252. The number of nitrogens with zero attached hydrogens (tertiary/aromatic N) is 1. The van der Waals surface area contributed by atoms with Crippen molar-refractivity contribution < 1.29 is 9.53 Å². The third-order valence-corrected chi connectivity index (χ3v) is 3.41. The number of thiazole rings is 1. The molecule has 0 bridgehead atoms. The second-order valence-corrected chi connectivity index (χ2v) is 5.43. The number of urea groups is 1. The summed E-state index contributed by atoms with van der Waals surface area (Å²) >= 11 is 1.57. The summed E-state index contributed by atoms with van der Waals surface area (Å²) < 4.78 is 5.38. The fourth-order valence-corrected chi connectivity index (χ4v) is 2.39. The van der Waals surface area contributed by atoms with Gasteiger partial charge >= 0.3 is 6.03 Å². The maximum atomic E-state index is 11.8. The molecule has 0 unspecified atom stereocenters. The monoisotopic (exact) mass is 291 g/mol. The molecule has 5 nitrogen and oxygen atoms in total. The molecule has 0 spiro atoms. The van der Waals surface area contributed by atoms with Gasteiger partial charge in [-0.1, -0.05) is 6.07 Å². The van der Waals surface area contributed by atoms with Crippen molar-refractivity contribution >= 4 is 23.1 Å². The summed E-state index contributed by atoms with van der Waals surface area (Å²) in [7, 11) is 0. The van der Waals surface area contributed by atoms with Gasteiger partial charge in [0.2, 0.25) is 0 Å². The molecule has 0 saturated carbocycles. The zero-order valence-corrected chi connectivity index (χ0v) is 12.3. The van der Waals surface area contributed by atoms with Crippen LogP contribution in [-0.2, 0) is 6.54 Å². The van der Waals surface area contributed by atoms with E-state index in [-0.39, 0.29) is 6.03 Å². The van der Waals surface area contributed by atoms with E-state index < -0.39 is 0 Å². The van der Waals surface area contributed by atoms with Crippen LogP contribution in [0.2, 0.25) is 0 Å². The van der Waals surface area contributed by atoms with Crippen molar-refractivity contribution in [3.8, 4) is 5.75 Å². The van der Waals surface area contributed by atoms with E-state index in [9.17, 15) is 4.79 Å². The average Bonchev–Trinajstić information content (AvgIpc) is 2.83. The molecule has 1 heterocycles. The summed E-state index contributed by atoms with van der Waals surface area (Å²) in [6, 6.07) is 7.06. The van der Waals surface area contributed by atoms with Crippen molar-refractivity contribution in [2.45, 2.75) is 20.4 Å². The van der Waals surface area contributed by atoms with Gasteiger partial charge in [0.05, 0.1) is 18.2 Å². The zero-order valence-electron chi connectivity index (χ0n) is 11.5. The average molecular weight is 291 g/mol. The van der Waals surface area contributed by atoms with Gasteiger partial charge in [-0.3, -0.25) is 0 Å². The Hall–Kier alpha value is -2.08. The minimum absolute atomic E-state index is 0.246. The Kier molecular flexibility index (Phi) is 4.95. The van der Waals surface area contributed by atoms with Crippen LogP contribution < -0.4 is 15.4 Å². The van der Waals surface area contributed by atoms with E-state index in [1.165, 1.54) is 0 Å². The summed E-state index contributed by atoms with van der Waals surface area (Å²) in [5.74, 6) is 0.739. The number of hydrogen-bond acceptors (Lipinski definition) is 4.